The number of halogens is 3. The molecule has 3 fully saturated rings. The van der Waals surface area contributed by atoms with Crippen molar-refractivity contribution >= 4 is 37.8 Å². The van der Waals surface area contributed by atoms with Gasteiger partial charge in [-0.25, -0.2) is 18.6 Å². The molecular weight excluding hydrogens is 529 g/mol. The van der Waals surface area contributed by atoms with Crippen LogP contribution in [0.4, 0.5) is 30.4 Å². The number of fused-ring (bicyclic) bond motifs is 1. The van der Waals surface area contributed by atoms with Crippen LogP contribution >= 0.6 is 0 Å². The van der Waals surface area contributed by atoms with Crippen LogP contribution in [-0.2, 0) is 23.9 Å². The Bertz CT molecular complexity index is 1530. The Morgan fingerprint density at radius 1 is 1.16 bits per heavy atom. The van der Waals surface area contributed by atoms with Gasteiger partial charge in [0, 0.05) is 34.4 Å². The molecule has 3 aliphatic heterocycles. The number of rotatable bonds is 7. The summed E-state index contributed by atoms with van der Waals surface area (Å²) in [6, 6.07) is 6.59. The lowest BCUT2D eigenvalue weighted by atomic mass is 9.89. The maximum absolute atomic E-state index is 14.3. The molecule has 10 nitrogen and oxygen atoms in total. The van der Waals surface area contributed by atoms with Gasteiger partial charge >= 0.3 is 6.61 Å². The smallest absolute Gasteiger partial charge is 0.387 e. The zero-order chi connectivity index (χ0) is 26.7. The van der Waals surface area contributed by atoms with Crippen molar-refractivity contribution in [2.75, 3.05) is 37.6 Å². The monoisotopic (exact) mass is 552 g/mol. The van der Waals surface area contributed by atoms with Gasteiger partial charge in [-0.05, 0) is 18.2 Å². The van der Waals surface area contributed by atoms with Crippen molar-refractivity contribution in [2.24, 2.45) is 4.36 Å². The number of benzene rings is 2. The molecule has 6 rings (SSSR count). The third-order valence-electron chi connectivity index (χ3n) is 6.52. The number of alkyl halides is 2. The molecule has 0 unspecified atom stereocenters. The lowest BCUT2D eigenvalue weighted by molar-refractivity contribution is -0.224. The minimum absolute atomic E-state index is 0.103. The van der Waals surface area contributed by atoms with E-state index in [2.05, 4.69) is 19.6 Å². The molecule has 0 radical (unpaired) electrons. The Balaban J connectivity index is 1.36. The number of hydrogen-bond donors (Lipinski definition) is 1. The predicted octanol–water partition coefficient (Wildman–Crippen LogP) is 3.79. The first-order valence-electron chi connectivity index (χ1n) is 11.6. The van der Waals surface area contributed by atoms with Crippen LogP contribution in [0.15, 0.2) is 41.0 Å². The minimum atomic E-state index is -3.15. The first-order valence-corrected chi connectivity index (χ1v) is 14.0. The molecule has 3 aromatic rings. The molecule has 3 aliphatic rings. The lowest BCUT2D eigenvalue weighted by Crippen LogP contribution is -2.61. The van der Waals surface area contributed by atoms with Crippen molar-refractivity contribution in [1.29, 1.82) is 0 Å². The normalized spacial score (nSPS) is 26.1. The van der Waals surface area contributed by atoms with Gasteiger partial charge in [0.05, 0.1) is 42.1 Å². The second-order valence-corrected chi connectivity index (χ2v) is 12.0. The average molecular weight is 553 g/mol. The fourth-order valence-corrected chi connectivity index (χ4v) is 5.54. The highest BCUT2D eigenvalue weighted by Crippen LogP contribution is 2.47. The van der Waals surface area contributed by atoms with Gasteiger partial charge in [0.2, 0.25) is 0 Å². The van der Waals surface area contributed by atoms with E-state index in [1.807, 2.05) is 0 Å². The van der Waals surface area contributed by atoms with Gasteiger partial charge in [-0.1, -0.05) is 0 Å². The summed E-state index contributed by atoms with van der Waals surface area (Å²) in [5.41, 5.74) is 0.130. The molecule has 1 aromatic heterocycles. The molecular formula is C24H23F3N4O6S. The number of aromatic nitrogens is 2. The second kappa shape index (κ2) is 9.22. The molecule has 1 N–H and O–H groups in total. The van der Waals surface area contributed by atoms with Crippen LogP contribution in [0, 0.1) is 5.82 Å². The maximum atomic E-state index is 14.3. The summed E-state index contributed by atoms with van der Waals surface area (Å²) in [7, 11) is -2.59. The molecule has 38 heavy (non-hydrogen) atoms. The van der Waals surface area contributed by atoms with Crippen LogP contribution in [0.5, 0.6) is 11.5 Å². The fraction of sp³-hybridized carbons (Fsp3) is 0.417. The van der Waals surface area contributed by atoms with Crippen LogP contribution in [0.2, 0.25) is 0 Å². The van der Waals surface area contributed by atoms with E-state index in [0.29, 0.717) is 18.9 Å². The van der Waals surface area contributed by atoms with Gasteiger partial charge in [0.15, 0.2) is 6.10 Å². The van der Waals surface area contributed by atoms with Crippen molar-refractivity contribution in [3.05, 3.63) is 42.5 Å². The van der Waals surface area contributed by atoms with Gasteiger partial charge in [0.1, 0.15) is 47.3 Å². The summed E-state index contributed by atoms with van der Waals surface area (Å²) < 4.78 is 85.4. The summed E-state index contributed by atoms with van der Waals surface area (Å²) >= 11 is 0. The van der Waals surface area contributed by atoms with Crippen LogP contribution in [0.25, 0.3) is 10.9 Å². The average Bonchev–Trinajstić information content (AvgIpc) is 3.30. The summed E-state index contributed by atoms with van der Waals surface area (Å²) in [6.45, 7) is -2.14. The van der Waals surface area contributed by atoms with Crippen molar-refractivity contribution in [2.45, 2.75) is 30.5 Å². The van der Waals surface area contributed by atoms with Crippen LogP contribution in [0.3, 0.4) is 0 Å². The predicted molar refractivity (Wildman–Crippen MR) is 131 cm³/mol. The molecule has 202 valence electrons. The Labute approximate surface area is 215 Å². The van der Waals surface area contributed by atoms with E-state index in [1.165, 1.54) is 49.2 Å². The quantitative estimate of drug-likeness (QED) is 0.468. The summed E-state index contributed by atoms with van der Waals surface area (Å²) in [5.74, 6) is -0.561. The number of anilines is 2. The Hall–Kier alpha value is -3.20. The number of hydrogen-bond acceptors (Lipinski definition) is 10. The number of nitrogens with zero attached hydrogens (tertiary/aromatic N) is 3. The van der Waals surface area contributed by atoms with Gasteiger partial charge in [-0.3, -0.25) is 0 Å². The van der Waals surface area contributed by atoms with Crippen molar-refractivity contribution in [3.8, 4) is 11.5 Å². The minimum Gasteiger partial charge on any atom is -0.483 e. The van der Waals surface area contributed by atoms with Crippen molar-refractivity contribution in [3.63, 3.8) is 0 Å². The van der Waals surface area contributed by atoms with Crippen LogP contribution in [0.1, 0.15) is 0 Å². The molecule has 0 aliphatic carbocycles. The molecule has 2 aromatic carbocycles. The third-order valence-corrected chi connectivity index (χ3v) is 7.17. The highest BCUT2D eigenvalue weighted by Gasteiger charge is 2.67. The SMILES string of the molecule is CS(C)(=O)=Nc1cc(OC(F)F)c2c(Nc3ccc(F)cc3O[C@@H]3CO[C@]45CO[C@@H]4CO[C@H]35)ncnc2c1. The molecule has 3 saturated heterocycles. The zero-order valence-corrected chi connectivity index (χ0v) is 21.0. The molecule has 0 amide bonds. The largest absolute Gasteiger partial charge is 0.483 e. The Kier molecular flexibility index (Phi) is 6.09. The third kappa shape index (κ3) is 4.51. The van der Waals surface area contributed by atoms with Gasteiger partial charge in [-0.15, -0.1) is 0 Å². The van der Waals surface area contributed by atoms with Gasteiger partial charge in [-0.2, -0.15) is 13.1 Å². The molecule has 14 heteroatoms. The highest BCUT2D eigenvalue weighted by molar-refractivity contribution is 7.92. The fourth-order valence-electron chi connectivity index (χ4n) is 4.93. The van der Waals surface area contributed by atoms with E-state index < -0.39 is 33.9 Å². The topological polar surface area (TPSA) is 113 Å². The van der Waals surface area contributed by atoms with Crippen molar-refractivity contribution in [1.82, 2.24) is 9.97 Å². The van der Waals surface area contributed by atoms with Crippen LogP contribution < -0.4 is 14.8 Å². The zero-order valence-electron chi connectivity index (χ0n) is 20.2. The van der Waals surface area contributed by atoms with Gasteiger partial charge in [0.25, 0.3) is 0 Å². The molecule has 4 atom stereocenters. The van der Waals surface area contributed by atoms with Gasteiger partial charge < -0.3 is 29.0 Å². The number of nitrogens with one attached hydrogen (secondary N) is 1. The van der Waals surface area contributed by atoms with E-state index in [4.69, 9.17) is 23.7 Å². The first kappa shape index (κ1) is 25.1. The maximum Gasteiger partial charge on any atom is 0.387 e. The Morgan fingerprint density at radius 2 is 2.00 bits per heavy atom. The highest BCUT2D eigenvalue weighted by atomic mass is 32.2. The molecule has 4 heterocycles. The van der Waals surface area contributed by atoms with E-state index in [9.17, 15) is 17.4 Å². The standard InChI is InChI=1S/C24H23F3N4O6S/c1-38(2,32)31-13-6-15-20(17(7-13)37-23(26)27)22(29-11-28-15)30-14-4-3-12(25)5-16(14)36-18-8-35-24-10-34-19(24)9-33-21(18)24/h3-7,11,18-19,21,23H,8-10H2,1-2H3,(H,28,29,30)/t18-,19-,21-,24-/m1/s1. The van der Waals surface area contributed by atoms with E-state index >= 15 is 0 Å². The molecule has 0 bridgehead atoms. The van der Waals surface area contributed by atoms with Crippen LogP contribution in [-0.4, -0.2) is 77.0 Å². The summed E-state index contributed by atoms with van der Waals surface area (Å²) in [5, 5.41) is 3.15. The molecule has 0 saturated carbocycles. The molecule has 1 spiro atoms. The van der Waals surface area contributed by atoms with E-state index in [-0.39, 0.29) is 52.7 Å². The summed E-state index contributed by atoms with van der Waals surface area (Å²) in [6.07, 6.45) is 3.00. The lowest BCUT2D eigenvalue weighted by Gasteiger charge is -2.41. The number of ether oxygens (including phenoxy) is 5. The second-order valence-electron chi connectivity index (χ2n) is 9.45. The first-order chi connectivity index (χ1) is 18.1. The Morgan fingerprint density at radius 3 is 2.74 bits per heavy atom. The van der Waals surface area contributed by atoms with E-state index in [0.717, 1.165) is 0 Å². The van der Waals surface area contributed by atoms with Crippen molar-refractivity contribution < 1.29 is 41.1 Å². The summed E-state index contributed by atoms with van der Waals surface area (Å²) in [4.78, 5) is 8.36. The van der Waals surface area contributed by atoms with E-state index in [1.54, 1.807) is 0 Å².